The van der Waals surface area contributed by atoms with Crippen molar-refractivity contribution in [3.8, 4) is 0 Å². The van der Waals surface area contributed by atoms with Crippen LogP contribution in [-0.4, -0.2) is 24.0 Å². The summed E-state index contributed by atoms with van der Waals surface area (Å²) in [6.07, 6.45) is 4.14. The van der Waals surface area contributed by atoms with Gasteiger partial charge in [-0.25, -0.2) is 4.99 Å². The predicted molar refractivity (Wildman–Crippen MR) is 72.0 cm³/mol. The third-order valence-corrected chi connectivity index (χ3v) is 2.29. The summed E-state index contributed by atoms with van der Waals surface area (Å²) in [6.45, 7) is 6.70. The van der Waals surface area contributed by atoms with Gasteiger partial charge in [0.25, 0.3) is 0 Å². The van der Waals surface area contributed by atoms with Crippen LogP contribution in [0.3, 0.4) is 0 Å². The summed E-state index contributed by atoms with van der Waals surface area (Å²) in [6, 6.07) is 5.88. The molecule has 1 heterocycles. The molecule has 94 valence electrons. The van der Waals surface area contributed by atoms with Gasteiger partial charge in [0.15, 0.2) is 5.96 Å². The normalized spacial score (nSPS) is 11.3. The Labute approximate surface area is 104 Å². The highest BCUT2D eigenvalue weighted by molar-refractivity contribution is 5.79. The highest BCUT2D eigenvalue weighted by atomic mass is 15.2. The Kier molecular flexibility index (Phi) is 6.79. The van der Waals surface area contributed by atoms with Crippen molar-refractivity contribution < 1.29 is 0 Å². The average molecular weight is 234 g/mol. The molecule has 1 aromatic heterocycles. The van der Waals surface area contributed by atoms with Crippen molar-refractivity contribution in [3.63, 3.8) is 0 Å². The molecule has 0 aliphatic heterocycles. The van der Waals surface area contributed by atoms with Crippen molar-refractivity contribution in [1.29, 1.82) is 0 Å². The number of aliphatic imine (C=N–C) groups is 1. The monoisotopic (exact) mass is 234 g/mol. The molecule has 4 heteroatoms. The summed E-state index contributed by atoms with van der Waals surface area (Å²) in [7, 11) is 0. The number of nitrogens with zero attached hydrogens (tertiary/aromatic N) is 2. The maximum Gasteiger partial charge on any atom is 0.191 e. The zero-order valence-electron chi connectivity index (χ0n) is 10.7. The van der Waals surface area contributed by atoms with Crippen molar-refractivity contribution in [2.24, 2.45) is 4.99 Å². The zero-order valence-corrected chi connectivity index (χ0v) is 10.7. The van der Waals surface area contributed by atoms with E-state index >= 15 is 0 Å². The molecule has 0 amide bonds. The standard InChI is InChI=1S/C13H22N4/c1-3-5-9-16-13(14-4-2)17-11-12-8-6-7-10-15-12/h6-8,10H,3-5,9,11H2,1-2H3,(H2,14,16,17). The predicted octanol–water partition coefficient (Wildman–Crippen LogP) is 1.94. The summed E-state index contributed by atoms with van der Waals surface area (Å²) in [5.41, 5.74) is 0.986. The fraction of sp³-hybridized carbons (Fsp3) is 0.538. The van der Waals surface area contributed by atoms with Gasteiger partial charge in [-0.15, -0.1) is 0 Å². The average Bonchev–Trinajstić information content (AvgIpc) is 2.37. The van der Waals surface area contributed by atoms with Gasteiger partial charge in [0.2, 0.25) is 0 Å². The smallest absolute Gasteiger partial charge is 0.191 e. The molecule has 0 saturated carbocycles. The molecule has 0 atom stereocenters. The van der Waals surface area contributed by atoms with E-state index in [1.165, 1.54) is 6.42 Å². The number of guanidine groups is 1. The summed E-state index contributed by atoms with van der Waals surface area (Å²) >= 11 is 0. The van der Waals surface area contributed by atoms with Crippen molar-refractivity contribution in [1.82, 2.24) is 15.6 Å². The first-order chi connectivity index (χ1) is 8.36. The van der Waals surface area contributed by atoms with Crippen LogP contribution in [0.25, 0.3) is 0 Å². The Morgan fingerprint density at radius 3 is 2.82 bits per heavy atom. The molecule has 1 aromatic rings. The zero-order chi connectivity index (χ0) is 12.3. The van der Waals surface area contributed by atoms with Crippen molar-refractivity contribution in [2.75, 3.05) is 13.1 Å². The molecule has 0 fully saturated rings. The number of unbranched alkanes of at least 4 members (excludes halogenated alkanes) is 1. The summed E-state index contributed by atoms with van der Waals surface area (Å²) in [5.74, 6) is 0.867. The second-order valence-electron chi connectivity index (χ2n) is 3.80. The number of pyridine rings is 1. The van der Waals surface area contributed by atoms with Crippen LogP contribution in [-0.2, 0) is 6.54 Å². The van der Waals surface area contributed by atoms with Crippen LogP contribution in [0.2, 0.25) is 0 Å². The highest BCUT2D eigenvalue weighted by Crippen LogP contribution is 1.95. The fourth-order valence-electron chi connectivity index (χ4n) is 1.38. The number of hydrogen-bond acceptors (Lipinski definition) is 2. The minimum atomic E-state index is 0.613. The summed E-state index contributed by atoms with van der Waals surface area (Å²) < 4.78 is 0. The van der Waals surface area contributed by atoms with Crippen molar-refractivity contribution in [2.45, 2.75) is 33.2 Å². The van der Waals surface area contributed by atoms with E-state index in [1.807, 2.05) is 18.2 Å². The van der Waals surface area contributed by atoms with E-state index in [2.05, 4.69) is 34.5 Å². The van der Waals surface area contributed by atoms with Gasteiger partial charge >= 0.3 is 0 Å². The van der Waals surface area contributed by atoms with Crippen LogP contribution < -0.4 is 10.6 Å². The van der Waals surface area contributed by atoms with E-state index in [1.54, 1.807) is 6.20 Å². The molecule has 0 radical (unpaired) electrons. The quantitative estimate of drug-likeness (QED) is 0.449. The molecule has 0 aromatic carbocycles. The Bertz CT molecular complexity index is 321. The topological polar surface area (TPSA) is 49.3 Å². The van der Waals surface area contributed by atoms with Crippen LogP contribution in [0.5, 0.6) is 0 Å². The van der Waals surface area contributed by atoms with Gasteiger partial charge in [-0.05, 0) is 25.5 Å². The van der Waals surface area contributed by atoms with E-state index in [0.717, 1.165) is 31.2 Å². The summed E-state index contributed by atoms with van der Waals surface area (Å²) in [5, 5.41) is 6.53. The first kappa shape index (κ1) is 13.5. The van der Waals surface area contributed by atoms with E-state index in [0.29, 0.717) is 6.54 Å². The van der Waals surface area contributed by atoms with Crippen LogP contribution in [0, 0.1) is 0 Å². The minimum Gasteiger partial charge on any atom is -0.357 e. The largest absolute Gasteiger partial charge is 0.357 e. The van der Waals surface area contributed by atoms with Gasteiger partial charge < -0.3 is 10.6 Å². The number of aromatic nitrogens is 1. The molecule has 2 N–H and O–H groups in total. The van der Waals surface area contributed by atoms with Crippen LogP contribution in [0.1, 0.15) is 32.4 Å². The number of rotatable bonds is 6. The van der Waals surface area contributed by atoms with Gasteiger partial charge in [0.1, 0.15) is 0 Å². The Morgan fingerprint density at radius 1 is 1.29 bits per heavy atom. The molecule has 0 unspecified atom stereocenters. The fourth-order valence-corrected chi connectivity index (χ4v) is 1.38. The van der Waals surface area contributed by atoms with E-state index in [-0.39, 0.29) is 0 Å². The molecule has 0 saturated heterocycles. The first-order valence-electron chi connectivity index (χ1n) is 6.29. The molecule has 17 heavy (non-hydrogen) atoms. The summed E-state index contributed by atoms with van der Waals surface area (Å²) in [4.78, 5) is 8.73. The number of hydrogen-bond donors (Lipinski definition) is 2. The lowest BCUT2D eigenvalue weighted by molar-refractivity contribution is 0.729. The number of nitrogens with one attached hydrogen (secondary N) is 2. The molecule has 0 spiro atoms. The second-order valence-corrected chi connectivity index (χ2v) is 3.80. The molecular formula is C13H22N4. The van der Waals surface area contributed by atoms with Crippen molar-refractivity contribution in [3.05, 3.63) is 30.1 Å². The van der Waals surface area contributed by atoms with E-state index in [4.69, 9.17) is 0 Å². The van der Waals surface area contributed by atoms with Gasteiger partial charge in [-0.2, -0.15) is 0 Å². The third kappa shape index (κ3) is 5.90. The van der Waals surface area contributed by atoms with Gasteiger partial charge in [0, 0.05) is 19.3 Å². The van der Waals surface area contributed by atoms with Gasteiger partial charge in [-0.3, -0.25) is 4.98 Å². The van der Waals surface area contributed by atoms with Gasteiger partial charge in [0.05, 0.1) is 12.2 Å². The lowest BCUT2D eigenvalue weighted by Gasteiger charge is -2.10. The Balaban J connectivity index is 2.45. The molecule has 4 nitrogen and oxygen atoms in total. The van der Waals surface area contributed by atoms with Crippen LogP contribution in [0.4, 0.5) is 0 Å². The lowest BCUT2D eigenvalue weighted by atomic mass is 10.3. The van der Waals surface area contributed by atoms with Crippen LogP contribution in [0.15, 0.2) is 29.4 Å². The molecule has 1 rings (SSSR count). The van der Waals surface area contributed by atoms with E-state index < -0.39 is 0 Å². The molecular weight excluding hydrogens is 212 g/mol. The lowest BCUT2D eigenvalue weighted by Crippen LogP contribution is -2.37. The second kappa shape index (κ2) is 8.56. The maximum atomic E-state index is 4.49. The van der Waals surface area contributed by atoms with E-state index in [9.17, 15) is 0 Å². The molecule has 0 bridgehead atoms. The maximum absolute atomic E-state index is 4.49. The Hall–Kier alpha value is -1.58. The molecule has 0 aliphatic rings. The third-order valence-electron chi connectivity index (χ3n) is 2.29. The SMILES string of the molecule is CCCCNC(=NCc1ccccn1)NCC. The first-order valence-corrected chi connectivity index (χ1v) is 6.29. The molecule has 0 aliphatic carbocycles. The minimum absolute atomic E-state index is 0.613. The van der Waals surface area contributed by atoms with Crippen molar-refractivity contribution >= 4 is 5.96 Å². The van der Waals surface area contributed by atoms with Gasteiger partial charge in [-0.1, -0.05) is 19.4 Å². The highest BCUT2D eigenvalue weighted by Gasteiger charge is 1.96. The Morgan fingerprint density at radius 2 is 2.18 bits per heavy atom. The van der Waals surface area contributed by atoms with Crippen LogP contribution >= 0.6 is 0 Å².